The van der Waals surface area contributed by atoms with Gasteiger partial charge in [-0.2, -0.15) is 0 Å². The Balaban J connectivity index is 1.75. The SMILES string of the molecule is CC1CCN(C(=O)CSc2nc(-c3ccco3)nc3c2c(=O)n(C)c(=O)n3C)CC1. The molecular formula is C20H23N5O4S. The monoisotopic (exact) mass is 429 g/mol. The van der Waals surface area contributed by atoms with E-state index in [1.165, 1.54) is 29.6 Å². The number of piperidine rings is 1. The molecule has 1 saturated heterocycles. The average molecular weight is 430 g/mol. The van der Waals surface area contributed by atoms with E-state index in [9.17, 15) is 14.4 Å². The molecule has 0 N–H and O–H groups in total. The fourth-order valence-corrected chi connectivity index (χ4v) is 4.45. The predicted octanol–water partition coefficient (Wildman–Crippen LogP) is 1.64. The molecule has 1 amide bonds. The van der Waals surface area contributed by atoms with E-state index in [0.717, 1.165) is 30.5 Å². The van der Waals surface area contributed by atoms with Gasteiger partial charge in [-0.3, -0.25) is 18.7 Å². The standard InChI is InChI=1S/C20H23N5O4S/c1-12-6-8-25(9-7-12)14(26)11-30-18-15-17(23(2)20(28)24(3)19(15)27)21-16(22-18)13-5-4-10-29-13/h4-5,10,12H,6-9,11H2,1-3H3. The maximum Gasteiger partial charge on any atom is 0.332 e. The molecule has 0 aliphatic carbocycles. The molecule has 0 unspecified atom stereocenters. The second-order valence-electron chi connectivity index (χ2n) is 7.59. The summed E-state index contributed by atoms with van der Waals surface area (Å²) in [5.41, 5.74) is -0.752. The number of furan rings is 1. The number of fused-ring (bicyclic) bond motifs is 1. The first-order chi connectivity index (χ1) is 14.4. The third-order valence-electron chi connectivity index (χ3n) is 5.48. The number of rotatable bonds is 4. The van der Waals surface area contributed by atoms with Gasteiger partial charge in [-0.25, -0.2) is 14.8 Å². The Morgan fingerprint density at radius 1 is 1.20 bits per heavy atom. The van der Waals surface area contributed by atoms with Gasteiger partial charge in [0.15, 0.2) is 17.2 Å². The third kappa shape index (κ3) is 3.67. The lowest BCUT2D eigenvalue weighted by molar-refractivity contribution is -0.129. The number of aryl methyl sites for hydroxylation is 1. The van der Waals surface area contributed by atoms with Crippen LogP contribution in [0.4, 0.5) is 0 Å². The molecular weight excluding hydrogens is 406 g/mol. The summed E-state index contributed by atoms with van der Waals surface area (Å²) in [6.45, 7) is 3.69. The Hall–Kier alpha value is -2.88. The lowest BCUT2D eigenvalue weighted by atomic mass is 9.99. The summed E-state index contributed by atoms with van der Waals surface area (Å²) in [6, 6.07) is 3.41. The second-order valence-corrected chi connectivity index (χ2v) is 8.55. The zero-order valence-electron chi connectivity index (χ0n) is 17.1. The van der Waals surface area contributed by atoms with Crippen molar-refractivity contribution in [1.29, 1.82) is 0 Å². The molecule has 4 rings (SSSR count). The van der Waals surface area contributed by atoms with Gasteiger partial charge in [-0.05, 0) is 30.9 Å². The first-order valence-corrected chi connectivity index (χ1v) is 10.8. The van der Waals surface area contributed by atoms with Crippen LogP contribution in [0.5, 0.6) is 0 Å². The van der Waals surface area contributed by atoms with Crippen molar-refractivity contribution in [2.75, 3.05) is 18.8 Å². The van der Waals surface area contributed by atoms with Gasteiger partial charge in [0.05, 0.1) is 12.0 Å². The van der Waals surface area contributed by atoms with Crippen LogP contribution in [0.2, 0.25) is 0 Å². The molecule has 1 fully saturated rings. The molecule has 0 aromatic carbocycles. The summed E-state index contributed by atoms with van der Waals surface area (Å²) in [4.78, 5) is 48.7. The van der Waals surface area contributed by atoms with Gasteiger partial charge >= 0.3 is 5.69 Å². The molecule has 3 aromatic rings. The molecule has 4 heterocycles. The Morgan fingerprint density at radius 2 is 1.93 bits per heavy atom. The maximum atomic E-state index is 12.8. The highest BCUT2D eigenvalue weighted by Gasteiger charge is 2.23. The molecule has 0 spiro atoms. The van der Waals surface area contributed by atoms with Crippen molar-refractivity contribution in [2.24, 2.45) is 20.0 Å². The van der Waals surface area contributed by atoms with E-state index in [-0.39, 0.29) is 28.5 Å². The fourth-order valence-electron chi connectivity index (χ4n) is 3.53. The van der Waals surface area contributed by atoms with Crippen LogP contribution >= 0.6 is 11.8 Å². The topological polar surface area (TPSA) is 103 Å². The van der Waals surface area contributed by atoms with E-state index >= 15 is 0 Å². The highest BCUT2D eigenvalue weighted by molar-refractivity contribution is 8.00. The molecule has 9 nitrogen and oxygen atoms in total. The number of likely N-dealkylation sites (tertiary alicyclic amines) is 1. The molecule has 0 saturated carbocycles. The highest BCUT2D eigenvalue weighted by Crippen LogP contribution is 2.27. The molecule has 158 valence electrons. The minimum atomic E-state index is -0.485. The van der Waals surface area contributed by atoms with Crippen LogP contribution in [0.25, 0.3) is 22.6 Å². The summed E-state index contributed by atoms with van der Waals surface area (Å²) < 4.78 is 7.73. The lowest BCUT2D eigenvalue weighted by Crippen LogP contribution is -2.39. The van der Waals surface area contributed by atoms with Crippen LogP contribution in [0.15, 0.2) is 37.4 Å². The summed E-state index contributed by atoms with van der Waals surface area (Å²) >= 11 is 1.19. The number of aromatic nitrogens is 4. The number of nitrogens with zero attached hydrogens (tertiary/aromatic N) is 5. The smallest absolute Gasteiger partial charge is 0.332 e. The van der Waals surface area contributed by atoms with Crippen LogP contribution in [0.3, 0.4) is 0 Å². The highest BCUT2D eigenvalue weighted by atomic mass is 32.2. The zero-order valence-corrected chi connectivity index (χ0v) is 17.9. The predicted molar refractivity (Wildman–Crippen MR) is 113 cm³/mol. The van der Waals surface area contributed by atoms with Crippen molar-refractivity contribution in [3.05, 3.63) is 39.2 Å². The van der Waals surface area contributed by atoms with E-state index in [1.807, 2.05) is 4.90 Å². The minimum Gasteiger partial charge on any atom is -0.461 e. The summed E-state index contributed by atoms with van der Waals surface area (Å²) in [7, 11) is 2.97. The summed E-state index contributed by atoms with van der Waals surface area (Å²) in [5, 5.41) is 0.585. The van der Waals surface area contributed by atoms with Crippen molar-refractivity contribution in [3.8, 4) is 11.6 Å². The average Bonchev–Trinajstić information content (AvgIpc) is 3.29. The van der Waals surface area contributed by atoms with Gasteiger partial charge in [-0.1, -0.05) is 18.7 Å². The van der Waals surface area contributed by atoms with Crippen LogP contribution in [-0.2, 0) is 18.9 Å². The largest absolute Gasteiger partial charge is 0.461 e. The number of carbonyl (C=O) groups is 1. The lowest BCUT2D eigenvalue weighted by Gasteiger charge is -2.30. The Kier molecular flexibility index (Phi) is 5.50. The Bertz CT molecular complexity index is 1210. The molecule has 10 heteroatoms. The van der Waals surface area contributed by atoms with Gasteiger partial charge < -0.3 is 9.32 Å². The molecule has 1 aliphatic rings. The molecule has 0 atom stereocenters. The van der Waals surface area contributed by atoms with Gasteiger partial charge in [0.1, 0.15) is 10.4 Å². The molecule has 0 radical (unpaired) electrons. The first kappa shape index (κ1) is 20.4. The van der Waals surface area contributed by atoms with Crippen LogP contribution in [-0.4, -0.2) is 48.8 Å². The maximum absolute atomic E-state index is 12.8. The Morgan fingerprint density at radius 3 is 2.60 bits per heavy atom. The van der Waals surface area contributed by atoms with Crippen LogP contribution in [0, 0.1) is 5.92 Å². The van der Waals surface area contributed by atoms with E-state index in [1.54, 1.807) is 19.2 Å². The normalized spacial score (nSPS) is 15.1. The van der Waals surface area contributed by atoms with E-state index in [0.29, 0.717) is 16.7 Å². The number of amides is 1. The molecule has 3 aromatic heterocycles. The van der Waals surface area contributed by atoms with Crippen molar-refractivity contribution in [2.45, 2.75) is 24.8 Å². The summed E-state index contributed by atoms with van der Waals surface area (Å²) in [6.07, 6.45) is 3.50. The molecule has 0 bridgehead atoms. The van der Waals surface area contributed by atoms with E-state index in [2.05, 4.69) is 16.9 Å². The molecule has 30 heavy (non-hydrogen) atoms. The van der Waals surface area contributed by atoms with Crippen molar-refractivity contribution >= 4 is 28.7 Å². The summed E-state index contributed by atoms with van der Waals surface area (Å²) in [5.74, 6) is 1.48. The van der Waals surface area contributed by atoms with Gasteiger partial charge in [0, 0.05) is 27.2 Å². The van der Waals surface area contributed by atoms with Crippen molar-refractivity contribution < 1.29 is 9.21 Å². The number of hydrogen-bond donors (Lipinski definition) is 0. The Labute approximate surface area is 176 Å². The van der Waals surface area contributed by atoms with Gasteiger partial charge in [-0.15, -0.1) is 0 Å². The third-order valence-corrected chi connectivity index (χ3v) is 6.44. The van der Waals surface area contributed by atoms with Crippen molar-refractivity contribution in [1.82, 2.24) is 24.0 Å². The second kappa shape index (κ2) is 8.10. The number of hydrogen-bond acceptors (Lipinski definition) is 7. The number of thioether (sulfide) groups is 1. The van der Waals surface area contributed by atoms with Gasteiger partial charge in [0.25, 0.3) is 5.56 Å². The van der Waals surface area contributed by atoms with Gasteiger partial charge in [0.2, 0.25) is 5.91 Å². The van der Waals surface area contributed by atoms with E-state index in [4.69, 9.17) is 4.42 Å². The van der Waals surface area contributed by atoms with Crippen LogP contribution < -0.4 is 11.2 Å². The molecule has 1 aliphatic heterocycles. The number of carbonyl (C=O) groups excluding carboxylic acids is 1. The quantitative estimate of drug-likeness (QED) is 0.459. The fraction of sp³-hybridized carbons (Fsp3) is 0.450. The van der Waals surface area contributed by atoms with Crippen molar-refractivity contribution in [3.63, 3.8) is 0 Å². The minimum absolute atomic E-state index is 0.0138. The van der Waals surface area contributed by atoms with Crippen LogP contribution in [0.1, 0.15) is 19.8 Å². The zero-order chi connectivity index (χ0) is 21.4. The van der Waals surface area contributed by atoms with E-state index < -0.39 is 11.2 Å². The first-order valence-electron chi connectivity index (χ1n) is 9.79.